The van der Waals surface area contributed by atoms with Crippen LogP contribution >= 0.6 is 39.3 Å². The van der Waals surface area contributed by atoms with Crippen molar-refractivity contribution >= 4 is 51.0 Å². The molecule has 1 N–H and O–H groups in total. The third kappa shape index (κ3) is 5.46. The number of aromatic nitrogens is 4. The first-order chi connectivity index (χ1) is 13.4. The highest BCUT2D eigenvalue weighted by Gasteiger charge is 2.13. The summed E-state index contributed by atoms with van der Waals surface area (Å²) in [6.45, 7) is 2.19. The highest BCUT2D eigenvalue weighted by atomic mass is 79.9. The van der Waals surface area contributed by atoms with Gasteiger partial charge < -0.3 is 14.6 Å². The number of benzene rings is 1. The van der Waals surface area contributed by atoms with E-state index in [1.807, 2.05) is 32.2 Å². The standard InChI is InChI=1S/C18H17BrClN5O2S/c1-11-7-13(20)4-5-14(11)27-9-16-23-24-18(25(16)2)28-10-17(26)22-15-6-3-12(19)8-21-15/h3-8H,9-10H2,1-2H3,(H,21,22,26). The van der Waals surface area contributed by atoms with Crippen molar-refractivity contribution in [2.45, 2.75) is 18.7 Å². The number of rotatable bonds is 7. The van der Waals surface area contributed by atoms with Gasteiger partial charge in [0.1, 0.15) is 18.2 Å². The Balaban J connectivity index is 1.54. The van der Waals surface area contributed by atoms with E-state index in [-0.39, 0.29) is 18.3 Å². The van der Waals surface area contributed by atoms with Crippen molar-refractivity contribution in [2.75, 3.05) is 11.1 Å². The SMILES string of the molecule is Cc1cc(Cl)ccc1OCc1nnc(SCC(=O)Nc2ccc(Br)cn2)n1C. The van der Waals surface area contributed by atoms with Crippen LogP contribution in [-0.4, -0.2) is 31.4 Å². The smallest absolute Gasteiger partial charge is 0.236 e. The van der Waals surface area contributed by atoms with Crippen molar-refractivity contribution in [3.63, 3.8) is 0 Å². The van der Waals surface area contributed by atoms with Crippen molar-refractivity contribution in [1.29, 1.82) is 0 Å². The molecule has 2 heterocycles. The molecule has 0 aliphatic heterocycles. The molecule has 0 fully saturated rings. The quantitative estimate of drug-likeness (QED) is 0.507. The predicted molar refractivity (Wildman–Crippen MR) is 113 cm³/mol. The number of carbonyl (C=O) groups is 1. The number of amides is 1. The molecule has 0 saturated carbocycles. The number of nitrogens with one attached hydrogen (secondary N) is 1. The first-order valence-electron chi connectivity index (χ1n) is 8.24. The van der Waals surface area contributed by atoms with Crippen LogP contribution in [0, 0.1) is 6.92 Å². The van der Waals surface area contributed by atoms with Crippen LogP contribution < -0.4 is 10.1 Å². The molecular weight excluding hydrogens is 466 g/mol. The maximum atomic E-state index is 12.1. The van der Waals surface area contributed by atoms with Gasteiger partial charge in [-0.2, -0.15) is 0 Å². The van der Waals surface area contributed by atoms with Gasteiger partial charge in [-0.1, -0.05) is 23.4 Å². The summed E-state index contributed by atoms with van der Waals surface area (Å²) < 4.78 is 8.46. The highest BCUT2D eigenvalue weighted by Crippen LogP contribution is 2.23. The van der Waals surface area contributed by atoms with Crippen LogP contribution in [-0.2, 0) is 18.4 Å². The molecule has 28 heavy (non-hydrogen) atoms. The molecule has 0 unspecified atom stereocenters. The number of pyridine rings is 1. The van der Waals surface area contributed by atoms with Crippen LogP contribution in [0.3, 0.4) is 0 Å². The maximum absolute atomic E-state index is 12.1. The Kier molecular flexibility index (Phi) is 6.93. The topological polar surface area (TPSA) is 81.9 Å². The average Bonchev–Trinajstić information content (AvgIpc) is 3.01. The van der Waals surface area contributed by atoms with Gasteiger partial charge in [0.25, 0.3) is 0 Å². The van der Waals surface area contributed by atoms with E-state index >= 15 is 0 Å². The number of aryl methyl sites for hydroxylation is 1. The van der Waals surface area contributed by atoms with Gasteiger partial charge in [0.2, 0.25) is 5.91 Å². The lowest BCUT2D eigenvalue weighted by molar-refractivity contribution is -0.113. The van der Waals surface area contributed by atoms with Crippen LogP contribution in [0.5, 0.6) is 5.75 Å². The van der Waals surface area contributed by atoms with Gasteiger partial charge in [-0.25, -0.2) is 4.98 Å². The number of anilines is 1. The summed E-state index contributed by atoms with van der Waals surface area (Å²) in [6.07, 6.45) is 1.63. The minimum atomic E-state index is -0.169. The van der Waals surface area contributed by atoms with Crippen molar-refractivity contribution in [3.8, 4) is 5.75 Å². The molecule has 146 valence electrons. The van der Waals surface area contributed by atoms with E-state index in [2.05, 4.69) is 36.4 Å². The summed E-state index contributed by atoms with van der Waals surface area (Å²) in [5.41, 5.74) is 0.947. The summed E-state index contributed by atoms with van der Waals surface area (Å²) >= 11 is 10.6. The molecule has 0 saturated heterocycles. The van der Waals surface area contributed by atoms with E-state index in [0.717, 1.165) is 15.8 Å². The summed E-state index contributed by atoms with van der Waals surface area (Å²) in [5, 5.41) is 12.3. The van der Waals surface area contributed by atoms with E-state index in [0.29, 0.717) is 21.8 Å². The fourth-order valence-corrected chi connectivity index (χ4v) is 3.46. The van der Waals surface area contributed by atoms with Crippen molar-refractivity contribution < 1.29 is 9.53 Å². The number of nitrogens with zero attached hydrogens (tertiary/aromatic N) is 4. The normalized spacial score (nSPS) is 10.7. The Morgan fingerprint density at radius 2 is 2.14 bits per heavy atom. The second-order valence-electron chi connectivity index (χ2n) is 5.85. The lowest BCUT2D eigenvalue weighted by Crippen LogP contribution is -2.15. The number of halogens is 2. The van der Waals surface area contributed by atoms with Crippen molar-refractivity contribution in [2.24, 2.45) is 7.05 Å². The lowest BCUT2D eigenvalue weighted by atomic mass is 10.2. The molecule has 0 radical (unpaired) electrons. The molecule has 10 heteroatoms. The molecule has 0 atom stereocenters. The summed E-state index contributed by atoms with van der Waals surface area (Å²) in [6, 6.07) is 8.98. The highest BCUT2D eigenvalue weighted by molar-refractivity contribution is 9.10. The molecular formula is C18H17BrClN5O2S. The van der Waals surface area contributed by atoms with Crippen LogP contribution in [0.1, 0.15) is 11.4 Å². The van der Waals surface area contributed by atoms with E-state index in [9.17, 15) is 4.79 Å². The van der Waals surface area contributed by atoms with Gasteiger partial charge in [-0.3, -0.25) is 4.79 Å². The first-order valence-corrected chi connectivity index (χ1v) is 10.4. The number of ether oxygens (including phenoxy) is 1. The Hall–Kier alpha value is -2.10. The molecule has 0 aliphatic carbocycles. The number of carbonyl (C=O) groups excluding carboxylic acids is 1. The van der Waals surface area contributed by atoms with Gasteiger partial charge in [-0.05, 0) is 58.7 Å². The van der Waals surface area contributed by atoms with Gasteiger partial charge in [0.15, 0.2) is 11.0 Å². The van der Waals surface area contributed by atoms with E-state index in [4.69, 9.17) is 16.3 Å². The lowest BCUT2D eigenvalue weighted by Gasteiger charge is -2.09. The molecule has 0 aliphatic rings. The summed E-state index contributed by atoms with van der Waals surface area (Å²) in [5.74, 6) is 1.92. The van der Waals surface area contributed by atoms with Crippen molar-refractivity contribution in [1.82, 2.24) is 19.7 Å². The second-order valence-corrected chi connectivity index (χ2v) is 8.15. The number of hydrogen-bond donors (Lipinski definition) is 1. The minimum Gasteiger partial charge on any atom is -0.485 e. The van der Waals surface area contributed by atoms with E-state index in [1.165, 1.54) is 11.8 Å². The molecule has 1 amide bonds. The molecule has 7 nitrogen and oxygen atoms in total. The summed E-state index contributed by atoms with van der Waals surface area (Å²) in [7, 11) is 1.84. The predicted octanol–water partition coefficient (Wildman–Crippen LogP) is 4.24. The number of hydrogen-bond acceptors (Lipinski definition) is 6. The first kappa shape index (κ1) is 20.6. The van der Waals surface area contributed by atoms with Crippen LogP contribution in [0.4, 0.5) is 5.82 Å². The zero-order valence-corrected chi connectivity index (χ0v) is 18.3. The Morgan fingerprint density at radius 3 is 2.86 bits per heavy atom. The number of thioether (sulfide) groups is 1. The largest absolute Gasteiger partial charge is 0.485 e. The molecule has 0 bridgehead atoms. The molecule has 2 aromatic heterocycles. The molecule has 3 rings (SSSR count). The minimum absolute atomic E-state index is 0.169. The fraction of sp³-hybridized carbons (Fsp3) is 0.222. The maximum Gasteiger partial charge on any atom is 0.236 e. The third-order valence-electron chi connectivity index (χ3n) is 3.75. The van der Waals surface area contributed by atoms with Gasteiger partial charge in [0, 0.05) is 22.7 Å². The van der Waals surface area contributed by atoms with Crippen LogP contribution in [0.15, 0.2) is 46.2 Å². The van der Waals surface area contributed by atoms with Crippen molar-refractivity contribution in [3.05, 3.63) is 57.4 Å². The van der Waals surface area contributed by atoms with Gasteiger partial charge in [-0.15, -0.1) is 10.2 Å². The summed E-state index contributed by atoms with van der Waals surface area (Å²) in [4.78, 5) is 16.2. The molecule has 0 spiro atoms. The molecule has 3 aromatic rings. The molecule has 1 aromatic carbocycles. The van der Waals surface area contributed by atoms with E-state index < -0.39 is 0 Å². The zero-order valence-electron chi connectivity index (χ0n) is 15.1. The Morgan fingerprint density at radius 1 is 1.32 bits per heavy atom. The van der Waals surface area contributed by atoms with Gasteiger partial charge in [0.05, 0.1) is 5.75 Å². The van der Waals surface area contributed by atoms with Crippen LogP contribution in [0.25, 0.3) is 0 Å². The average molecular weight is 483 g/mol. The van der Waals surface area contributed by atoms with Crippen LogP contribution in [0.2, 0.25) is 5.02 Å². The Bertz CT molecular complexity index is 981. The third-order valence-corrected chi connectivity index (χ3v) is 5.47. The Labute approximate surface area is 180 Å². The fourth-order valence-electron chi connectivity index (χ4n) is 2.27. The van der Waals surface area contributed by atoms with E-state index in [1.54, 1.807) is 22.9 Å². The monoisotopic (exact) mass is 481 g/mol. The zero-order chi connectivity index (χ0) is 20.1. The second kappa shape index (κ2) is 9.40. The van der Waals surface area contributed by atoms with Gasteiger partial charge >= 0.3 is 0 Å².